The molecule has 1 rings (SSSR count). The molecule has 0 aliphatic heterocycles. The highest BCUT2D eigenvalue weighted by molar-refractivity contribution is 6.30. The van der Waals surface area contributed by atoms with Gasteiger partial charge in [0.05, 0.1) is 5.02 Å². The normalized spacial score (nSPS) is 13.1. The summed E-state index contributed by atoms with van der Waals surface area (Å²) in [7, 11) is 3.99. The van der Waals surface area contributed by atoms with Crippen molar-refractivity contribution in [2.24, 2.45) is 0 Å². The van der Waals surface area contributed by atoms with Crippen LogP contribution < -0.4 is 0 Å². The van der Waals surface area contributed by atoms with Crippen molar-refractivity contribution in [3.05, 3.63) is 23.0 Å². The minimum atomic E-state index is -0.941. The number of aromatic carboxylic acids is 1. The van der Waals surface area contributed by atoms with Gasteiger partial charge < -0.3 is 14.6 Å². The number of nitrogens with zero attached hydrogens (tertiary/aromatic N) is 2. The average molecular weight is 245 g/mol. The summed E-state index contributed by atoms with van der Waals surface area (Å²) in [6.45, 7) is 2.91. The molecule has 0 amide bonds. The smallest absolute Gasteiger partial charge is 0.352 e. The van der Waals surface area contributed by atoms with Gasteiger partial charge in [-0.2, -0.15) is 0 Å². The first-order chi connectivity index (χ1) is 7.41. The topological polar surface area (TPSA) is 45.5 Å². The molecule has 4 nitrogen and oxygen atoms in total. The average Bonchev–Trinajstić information content (AvgIpc) is 2.56. The number of hydrogen-bond acceptors (Lipinski definition) is 2. The van der Waals surface area contributed by atoms with Gasteiger partial charge in [-0.3, -0.25) is 0 Å². The Labute approximate surface area is 100 Å². The van der Waals surface area contributed by atoms with Crippen LogP contribution in [0.4, 0.5) is 0 Å². The van der Waals surface area contributed by atoms with Gasteiger partial charge in [-0.15, -0.1) is 0 Å². The molecule has 1 aromatic heterocycles. The molecule has 0 bridgehead atoms. The Balaban J connectivity index is 2.81. The van der Waals surface area contributed by atoms with Gasteiger partial charge in [0.1, 0.15) is 5.69 Å². The Morgan fingerprint density at radius 2 is 2.25 bits per heavy atom. The van der Waals surface area contributed by atoms with Gasteiger partial charge in [0, 0.05) is 12.2 Å². The van der Waals surface area contributed by atoms with Crippen LogP contribution in [0.5, 0.6) is 0 Å². The molecule has 0 saturated carbocycles. The van der Waals surface area contributed by atoms with E-state index in [1.807, 2.05) is 21.0 Å². The van der Waals surface area contributed by atoms with Crippen molar-refractivity contribution in [1.29, 1.82) is 0 Å². The van der Waals surface area contributed by atoms with Gasteiger partial charge >= 0.3 is 5.97 Å². The fourth-order valence-corrected chi connectivity index (χ4v) is 1.77. The number of rotatable bonds is 5. The Hall–Kier alpha value is -1.00. The molecule has 0 spiro atoms. The molecule has 1 heterocycles. The van der Waals surface area contributed by atoms with Crippen LogP contribution in [0.25, 0.3) is 0 Å². The highest BCUT2D eigenvalue weighted by atomic mass is 35.5. The summed E-state index contributed by atoms with van der Waals surface area (Å²) in [6.07, 6.45) is 2.56. The number of carboxylic acids is 1. The van der Waals surface area contributed by atoms with Crippen LogP contribution >= 0.6 is 11.6 Å². The molecule has 1 N–H and O–H groups in total. The molecule has 0 fully saturated rings. The third-order valence-corrected chi connectivity index (χ3v) is 2.71. The lowest BCUT2D eigenvalue weighted by atomic mass is 10.2. The summed E-state index contributed by atoms with van der Waals surface area (Å²) in [5.74, 6) is -0.941. The first-order valence-corrected chi connectivity index (χ1v) is 5.55. The van der Waals surface area contributed by atoms with E-state index in [4.69, 9.17) is 16.7 Å². The summed E-state index contributed by atoms with van der Waals surface area (Å²) >= 11 is 5.82. The van der Waals surface area contributed by atoms with Crippen LogP contribution in [-0.2, 0) is 0 Å². The molecule has 0 saturated heterocycles. The summed E-state index contributed by atoms with van der Waals surface area (Å²) in [4.78, 5) is 13.1. The lowest BCUT2D eigenvalue weighted by molar-refractivity contribution is 0.0682. The molecule has 1 atom stereocenters. The molecule has 0 aliphatic carbocycles. The third kappa shape index (κ3) is 3.25. The number of aromatic nitrogens is 1. The van der Waals surface area contributed by atoms with Crippen LogP contribution in [0.2, 0.25) is 5.02 Å². The van der Waals surface area contributed by atoms with Crippen molar-refractivity contribution in [2.75, 3.05) is 20.6 Å². The summed E-state index contributed by atoms with van der Waals surface area (Å²) in [5.41, 5.74) is 0.247. The SMILES string of the molecule is CC(CCN(C)C)n1cc(Cl)cc1C(=O)O. The maximum atomic E-state index is 11.0. The van der Waals surface area contributed by atoms with E-state index in [9.17, 15) is 4.79 Å². The molecule has 0 radical (unpaired) electrons. The highest BCUT2D eigenvalue weighted by Gasteiger charge is 2.16. The standard InChI is InChI=1S/C11H17ClN2O2/c1-8(4-5-13(2)3)14-7-9(12)6-10(14)11(15)16/h6-8H,4-5H2,1-3H3,(H,15,16). The first-order valence-electron chi connectivity index (χ1n) is 5.17. The van der Waals surface area contributed by atoms with Gasteiger partial charge in [0.2, 0.25) is 0 Å². The van der Waals surface area contributed by atoms with Crippen molar-refractivity contribution < 1.29 is 9.90 Å². The lowest BCUT2D eigenvalue weighted by Gasteiger charge is -2.18. The molecule has 0 aromatic carbocycles. The molecule has 1 unspecified atom stereocenters. The van der Waals surface area contributed by atoms with Crippen molar-refractivity contribution >= 4 is 17.6 Å². The Morgan fingerprint density at radius 3 is 2.75 bits per heavy atom. The predicted octanol–water partition coefficient (Wildman–Crippen LogP) is 2.35. The molecule has 90 valence electrons. The molecule has 0 aliphatic rings. The second-order valence-corrected chi connectivity index (χ2v) is 4.63. The first kappa shape index (κ1) is 13.1. The van der Waals surface area contributed by atoms with E-state index in [2.05, 4.69) is 4.90 Å². The number of halogens is 1. The third-order valence-electron chi connectivity index (χ3n) is 2.50. The van der Waals surface area contributed by atoms with Crippen molar-refractivity contribution in [2.45, 2.75) is 19.4 Å². The molecular formula is C11H17ClN2O2. The van der Waals surface area contributed by atoms with E-state index < -0.39 is 5.97 Å². The summed E-state index contributed by atoms with van der Waals surface area (Å²) in [5, 5.41) is 9.48. The molecule has 16 heavy (non-hydrogen) atoms. The Morgan fingerprint density at radius 1 is 1.62 bits per heavy atom. The minimum absolute atomic E-state index is 0.126. The van der Waals surface area contributed by atoms with E-state index in [0.717, 1.165) is 13.0 Å². The van der Waals surface area contributed by atoms with E-state index in [1.165, 1.54) is 6.07 Å². The zero-order valence-corrected chi connectivity index (χ0v) is 10.5. The van der Waals surface area contributed by atoms with Crippen LogP contribution in [0.1, 0.15) is 29.9 Å². The maximum Gasteiger partial charge on any atom is 0.352 e. The van der Waals surface area contributed by atoms with Gasteiger partial charge in [0.15, 0.2) is 0 Å². The monoisotopic (exact) mass is 244 g/mol. The Bertz CT molecular complexity index is 374. The molecular weight excluding hydrogens is 228 g/mol. The molecule has 1 aromatic rings. The Kier molecular flexibility index (Phi) is 4.38. The zero-order valence-electron chi connectivity index (χ0n) is 9.77. The zero-order chi connectivity index (χ0) is 12.3. The van der Waals surface area contributed by atoms with Gasteiger partial charge in [-0.25, -0.2) is 4.79 Å². The highest BCUT2D eigenvalue weighted by Crippen LogP contribution is 2.21. The maximum absolute atomic E-state index is 11.0. The van der Waals surface area contributed by atoms with Gasteiger partial charge in [0.25, 0.3) is 0 Å². The van der Waals surface area contributed by atoms with Gasteiger partial charge in [-0.05, 0) is 40.1 Å². The van der Waals surface area contributed by atoms with E-state index in [0.29, 0.717) is 5.02 Å². The van der Waals surface area contributed by atoms with E-state index in [1.54, 1.807) is 10.8 Å². The fraction of sp³-hybridized carbons (Fsp3) is 0.545. The van der Waals surface area contributed by atoms with Crippen molar-refractivity contribution in [3.8, 4) is 0 Å². The lowest BCUT2D eigenvalue weighted by Crippen LogP contribution is -2.19. The molecule has 5 heteroatoms. The summed E-state index contributed by atoms with van der Waals surface area (Å²) < 4.78 is 1.72. The number of carboxylic acid groups (broad SMARTS) is 1. The van der Waals surface area contributed by atoms with E-state index >= 15 is 0 Å². The van der Waals surface area contributed by atoms with Crippen LogP contribution in [0.15, 0.2) is 12.3 Å². The van der Waals surface area contributed by atoms with Crippen LogP contribution in [0, 0.1) is 0 Å². The quantitative estimate of drug-likeness (QED) is 0.865. The number of carbonyl (C=O) groups is 1. The van der Waals surface area contributed by atoms with Crippen LogP contribution in [-0.4, -0.2) is 41.2 Å². The van der Waals surface area contributed by atoms with Crippen LogP contribution in [0.3, 0.4) is 0 Å². The number of hydrogen-bond donors (Lipinski definition) is 1. The second kappa shape index (κ2) is 5.37. The van der Waals surface area contributed by atoms with Gasteiger partial charge in [-0.1, -0.05) is 11.6 Å². The fourth-order valence-electron chi connectivity index (χ4n) is 1.57. The summed E-state index contributed by atoms with van der Waals surface area (Å²) in [6, 6.07) is 1.61. The van der Waals surface area contributed by atoms with Crippen molar-refractivity contribution in [3.63, 3.8) is 0 Å². The predicted molar refractivity (Wildman–Crippen MR) is 64.3 cm³/mol. The second-order valence-electron chi connectivity index (χ2n) is 4.20. The van der Waals surface area contributed by atoms with E-state index in [-0.39, 0.29) is 11.7 Å². The minimum Gasteiger partial charge on any atom is -0.477 e. The van der Waals surface area contributed by atoms with Crippen molar-refractivity contribution in [1.82, 2.24) is 9.47 Å². The largest absolute Gasteiger partial charge is 0.477 e.